The first-order valence-corrected chi connectivity index (χ1v) is 12.8. The molecule has 5 heteroatoms. The number of rotatable bonds is 6. The Kier molecular flexibility index (Phi) is 6.63. The molecule has 1 saturated heterocycles. The summed E-state index contributed by atoms with van der Waals surface area (Å²) >= 11 is 0. The summed E-state index contributed by atoms with van der Waals surface area (Å²) in [6.07, 6.45) is 10.4. The van der Waals surface area contributed by atoms with Gasteiger partial charge in [0.15, 0.2) is 0 Å². The van der Waals surface area contributed by atoms with Crippen LogP contribution < -0.4 is 10.4 Å². The number of benzene rings is 3. The van der Waals surface area contributed by atoms with E-state index in [1.807, 2.05) is 18.5 Å². The smallest absolute Gasteiger partial charge is 0.0957 e. The number of H-pyrrole nitrogens is 1. The molecule has 0 spiro atoms. The van der Waals surface area contributed by atoms with E-state index < -0.39 is 0 Å². The summed E-state index contributed by atoms with van der Waals surface area (Å²) in [7, 11) is 0. The Balaban J connectivity index is 1.21. The van der Waals surface area contributed by atoms with Crippen molar-refractivity contribution in [2.45, 2.75) is 13.0 Å². The SMILES string of the molecule is CC(c1ccc(/C=C/C2=c3ccc(=Cc4c[nH]cc4-c4ccccc4)cc3N=N2)cc1)N1CCOCC1. The Morgan fingerprint density at radius 3 is 2.51 bits per heavy atom. The van der Waals surface area contributed by atoms with E-state index in [0.29, 0.717) is 6.04 Å². The van der Waals surface area contributed by atoms with Crippen molar-refractivity contribution in [1.82, 2.24) is 9.88 Å². The van der Waals surface area contributed by atoms with Crippen LogP contribution >= 0.6 is 0 Å². The van der Waals surface area contributed by atoms with Gasteiger partial charge in [0, 0.05) is 47.9 Å². The van der Waals surface area contributed by atoms with Crippen LogP contribution in [-0.2, 0) is 4.74 Å². The molecule has 1 aromatic heterocycles. The zero-order valence-corrected chi connectivity index (χ0v) is 21.0. The maximum atomic E-state index is 5.49. The average Bonchev–Trinajstić information content (AvgIpc) is 3.59. The molecule has 2 aliphatic heterocycles. The van der Waals surface area contributed by atoms with Gasteiger partial charge in [0.25, 0.3) is 0 Å². The number of morpholine rings is 1. The summed E-state index contributed by atoms with van der Waals surface area (Å²) in [6.45, 7) is 5.89. The third kappa shape index (κ3) is 5.10. The molecule has 5 nitrogen and oxygen atoms in total. The lowest BCUT2D eigenvalue weighted by atomic mass is 10.0. The van der Waals surface area contributed by atoms with Gasteiger partial charge in [-0.2, -0.15) is 0 Å². The summed E-state index contributed by atoms with van der Waals surface area (Å²) in [6, 6.07) is 26.0. The molecule has 0 saturated carbocycles. The van der Waals surface area contributed by atoms with Gasteiger partial charge in [-0.15, -0.1) is 10.2 Å². The Morgan fingerprint density at radius 1 is 0.892 bits per heavy atom. The molecule has 6 rings (SSSR count). The van der Waals surface area contributed by atoms with Crippen LogP contribution in [0.1, 0.15) is 29.7 Å². The molecule has 4 aromatic rings. The molecule has 1 unspecified atom stereocenters. The highest BCUT2D eigenvalue weighted by Gasteiger charge is 2.18. The molecule has 37 heavy (non-hydrogen) atoms. The van der Waals surface area contributed by atoms with Crippen molar-refractivity contribution in [3.8, 4) is 11.1 Å². The predicted molar refractivity (Wildman–Crippen MR) is 150 cm³/mol. The summed E-state index contributed by atoms with van der Waals surface area (Å²) in [5.74, 6) is 0. The molecular weight excluding hydrogens is 456 g/mol. The van der Waals surface area contributed by atoms with Crippen molar-refractivity contribution in [3.05, 3.63) is 118 Å². The van der Waals surface area contributed by atoms with E-state index in [0.717, 1.165) is 59.3 Å². The quantitative estimate of drug-likeness (QED) is 0.373. The second-order valence-corrected chi connectivity index (χ2v) is 9.52. The predicted octanol–water partition coefficient (Wildman–Crippen LogP) is 5.82. The van der Waals surface area contributed by atoms with E-state index in [9.17, 15) is 0 Å². The summed E-state index contributed by atoms with van der Waals surface area (Å²) < 4.78 is 5.49. The van der Waals surface area contributed by atoms with Crippen LogP contribution in [0, 0.1) is 0 Å². The third-order valence-corrected chi connectivity index (χ3v) is 7.19. The highest BCUT2D eigenvalue weighted by atomic mass is 16.5. The topological polar surface area (TPSA) is 53.0 Å². The highest BCUT2D eigenvalue weighted by molar-refractivity contribution is 5.75. The fourth-order valence-corrected chi connectivity index (χ4v) is 5.00. The van der Waals surface area contributed by atoms with Gasteiger partial charge in [-0.1, -0.05) is 66.7 Å². The Morgan fingerprint density at radius 2 is 1.70 bits per heavy atom. The minimum atomic E-state index is 0.396. The lowest BCUT2D eigenvalue weighted by Gasteiger charge is -2.32. The number of fused-ring (bicyclic) bond motifs is 1. The van der Waals surface area contributed by atoms with Crippen molar-refractivity contribution in [2.75, 3.05) is 26.3 Å². The summed E-state index contributed by atoms with van der Waals surface area (Å²) in [5, 5.41) is 11.1. The minimum absolute atomic E-state index is 0.396. The number of hydrogen-bond acceptors (Lipinski definition) is 4. The van der Waals surface area contributed by atoms with E-state index in [4.69, 9.17) is 4.74 Å². The molecule has 184 valence electrons. The van der Waals surface area contributed by atoms with E-state index >= 15 is 0 Å². The molecule has 3 heterocycles. The second kappa shape index (κ2) is 10.5. The Labute approximate surface area is 217 Å². The lowest BCUT2D eigenvalue weighted by Crippen LogP contribution is -2.37. The second-order valence-electron chi connectivity index (χ2n) is 9.52. The lowest BCUT2D eigenvalue weighted by molar-refractivity contribution is 0.0198. The number of nitrogens with zero attached hydrogens (tertiary/aromatic N) is 3. The summed E-state index contributed by atoms with van der Waals surface area (Å²) in [4.78, 5) is 5.72. The molecule has 0 aliphatic carbocycles. The monoisotopic (exact) mass is 486 g/mol. The van der Waals surface area contributed by atoms with Crippen molar-refractivity contribution in [2.24, 2.45) is 10.2 Å². The number of nitrogens with one attached hydrogen (secondary N) is 1. The van der Waals surface area contributed by atoms with E-state index in [2.05, 4.69) is 112 Å². The minimum Gasteiger partial charge on any atom is -0.379 e. The van der Waals surface area contributed by atoms with Crippen molar-refractivity contribution >= 4 is 23.5 Å². The number of azo groups is 1. The number of ether oxygens (including phenoxy) is 1. The van der Waals surface area contributed by atoms with Crippen LogP contribution in [-0.4, -0.2) is 36.2 Å². The van der Waals surface area contributed by atoms with Gasteiger partial charge >= 0.3 is 0 Å². The van der Waals surface area contributed by atoms with Crippen LogP contribution in [0.2, 0.25) is 0 Å². The molecule has 1 atom stereocenters. The number of hydrogen-bond donors (Lipinski definition) is 1. The molecule has 0 bridgehead atoms. The van der Waals surface area contributed by atoms with E-state index in [-0.39, 0.29) is 0 Å². The zero-order valence-electron chi connectivity index (χ0n) is 21.0. The third-order valence-electron chi connectivity index (χ3n) is 7.19. The number of aromatic nitrogens is 1. The van der Waals surface area contributed by atoms with Gasteiger partial charge < -0.3 is 9.72 Å². The van der Waals surface area contributed by atoms with Crippen LogP contribution in [0.3, 0.4) is 0 Å². The fraction of sp³-hybridized carbons (Fsp3) is 0.188. The molecule has 0 radical (unpaired) electrons. The van der Waals surface area contributed by atoms with Gasteiger partial charge in [0.1, 0.15) is 0 Å². The molecule has 2 aliphatic rings. The molecule has 3 aromatic carbocycles. The maximum absolute atomic E-state index is 5.49. The van der Waals surface area contributed by atoms with Gasteiger partial charge in [-0.3, -0.25) is 4.90 Å². The maximum Gasteiger partial charge on any atom is 0.0957 e. The van der Waals surface area contributed by atoms with Crippen LogP contribution in [0.15, 0.2) is 101 Å². The van der Waals surface area contributed by atoms with Crippen molar-refractivity contribution in [1.29, 1.82) is 0 Å². The number of aromatic amines is 1. The molecular formula is C32H30N4O. The first-order chi connectivity index (χ1) is 18.2. The average molecular weight is 487 g/mol. The molecule has 0 amide bonds. The Bertz CT molecular complexity index is 1560. The van der Waals surface area contributed by atoms with E-state index in [1.165, 1.54) is 16.7 Å². The van der Waals surface area contributed by atoms with Gasteiger partial charge in [-0.05, 0) is 53.1 Å². The molecule has 1 fully saturated rings. The van der Waals surface area contributed by atoms with Gasteiger partial charge in [0.05, 0.1) is 24.6 Å². The highest BCUT2D eigenvalue weighted by Crippen LogP contribution is 2.25. The Hall–Kier alpha value is -4.06. The van der Waals surface area contributed by atoms with Crippen LogP contribution in [0.25, 0.3) is 29.0 Å². The normalized spacial score (nSPS) is 17.0. The first kappa shape index (κ1) is 23.3. The van der Waals surface area contributed by atoms with Crippen molar-refractivity contribution < 1.29 is 4.74 Å². The van der Waals surface area contributed by atoms with Gasteiger partial charge in [-0.25, -0.2) is 0 Å². The largest absolute Gasteiger partial charge is 0.379 e. The van der Waals surface area contributed by atoms with E-state index in [1.54, 1.807) is 0 Å². The standard InChI is InChI=1S/C32H30N4O/c1-23(36-15-17-37-18-16-36)26-11-7-24(8-12-26)10-14-31-29-13-9-25(20-32(29)35-34-31)19-28-21-33-22-30(28)27-5-3-2-4-6-27/h2-14,19-23,33H,15-18H2,1H3/b14-10+,25-19?. The fourth-order valence-electron chi connectivity index (χ4n) is 5.00. The van der Waals surface area contributed by atoms with Crippen LogP contribution in [0.4, 0.5) is 5.69 Å². The first-order valence-electron chi connectivity index (χ1n) is 12.8. The summed E-state index contributed by atoms with van der Waals surface area (Å²) in [5.41, 5.74) is 7.80. The molecule has 1 N–H and O–H groups in total. The van der Waals surface area contributed by atoms with Gasteiger partial charge in [0.2, 0.25) is 0 Å². The zero-order chi connectivity index (χ0) is 25.0. The van der Waals surface area contributed by atoms with Crippen molar-refractivity contribution in [3.63, 3.8) is 0 Å². The van der Waals surface area contributed by atoms with Crippen LogP contribution in [0.5, 0.6) is 0 Å².